The van der Waals surface area contributed by atoms with Crippen LogP contribution in [-0.4, -0.2) is 26.0 Å². The third kappa shape index (κ3) is 2.67. The molecule has 2 aromatic rings. The van der Waals surface area contributed by atoms with Crippen LogP contribution in [0.25, 0.3) is 11.2 Å². The molecule has 0 aliphatic carbocycles. The van der Waals surface area contributed by atoms with Gasteiger partial charge in [-0.1, -0.05) is 0 Å². The topological polar surface area (TPSA) is 85.8 Å². The normalized spacial score (nSPS) is 13.5. The van der Waals surface area contributed by atoms with E-state index < -0.39 is 6.04 Å². The number of pyridine rings is 1. The zero-order valence-electron chi connectivity index (χ0n) is 11.6. The molecule has 0 fully saturated rings. The van der Waals surface area contributed by atoms with Crippen LogP contribution in [0.5, 0.6) is 0 Å². The van der Waals surface area contributed by atoms with Gasteiger partial charge in [-0.05, 0) is 39.8 Å². The number of imidazole rings is 1. The van der Waals surface area contributed by atoms with Crippen molar-refractivity contribution in [1.29, 1.82) is 0 Å². The Hall–Kier alpha value is -2.11. The minimum Gasteiger partial charge on any atom is -0.369 e. The lowest BCUT2D eigenvalue weighted by molar-refractivity contribution is -0.125. The highest BCUT2D eigenvalue weighted by Crippen LogP contribution is 2.21. The molecule has 102 valence electrons. The highest BCUT2D eigenvalue weighted by molar-refractivity contribution is 5.84. The average molecular weight is 261 g/mol. The SMILES string of the molecule is CC(C(=O)NC(C)(C)C)n1c(N)nc2cccnc21. The molecule has 2 aromatic heterocycles. The summed E-state index contributed by atoms with van der Waals surface area (Å²) in [5.74, 6) is 0.189. The van der Waals surface area contributed by atoms with E-state index in [9.17, 15) is 4.79 Å². The van der Waals surface area contributed by atoms with Crippen molar-refractivity contribution in [3.63, 3.8) is 0 Å². The first kappa shape index (κ1) is 13.3. The Balaban J connectivity index is 2.39. The number of nitrogens with zero attached hydrogens (tertiary/aromatic N) is 3. The molecular formula is C13H19N5O. The second-order valence-corrected chi connectivity index (χ2v) is 5.60. The molecule has 0 aromatic carbocycles. The maximum atomic E-state index is 12.2. The molecule has 1 atom stereocenters. The molecular weight excluding hydrogens is 242 g/mol. The number of amides is 1. The minimum atomic E-state index is -0.459. The lowest BCUT2D eigenvalue weighted by Gasteiger charge is -2.24. The largest absolute Gasteiger partial charge is 0.369 e. The molecule has 0 bridgehead atoms. The molecule has 2 heterocycles. The van der Waals surface area contributed by atoms with E-state index >= 15 is 0 Å². The Kier molecular flexibility index (Phi) is 3.18. The quantitative estimate of drug-likeness (QED) is 0.857. The number of carbonyl (C=O) groups is 1. The molecule has 0 saturated carbocycles. The third-order valence-electron chi connectivity index (χ3n) is 2.74. The van der Waals surface area contributed by atoms with Crippen LogP contribution in [0.3, 0.4) is 0 Å². The molecule has 19 heavy (non-hydrogen) atoms. The van der Waals surface area contributed by atoms with Crippen molar-refractivity contribution >= 4 is 23.0 Å². The summed E-state index contributed by atoms with van der Waals surface area (Å²) in [6, 6.07) is 3.15. The molecule has 6 heteroatoms. The lowest BCUT2D eigenvalue weighted by atomic mass is 10.1. The smallest absolute Gasteiger partial charge is 0.243 e. The Morgan fingerprint density at radius 1 is 1.47 bits per heavy atom. The summed E-state index contributed by atoms with van der Waals surface area (Å²) in [6.07, 6.45) is 1.66. The van der Waals surface area contributed by atoms with Gasteiger partial charge in [-0.25, -0.2) is 9.97 Å². The number of nitrogens with two attached hydrogens (primary N) is 1. The van der Waals surface area contributed by atoms with E-state index in [1.165, 1.54) is 0 Å². The predicted octanol–water partition coefficient (Wildman–Crippen LogP) is 1.49. The van der Waals surface area contributed by atoms with Crippen LogP contribution >= 0.6 is 0 Å². The van der Waals surface area contributed by atoms with Crippen LogP contribution in [0.4, 0.5) is 5.95 Å². The van der Waals surface area contributed by atoms with E-state index in [0.29, 0.717) is 17.1 Å². The average Bonchev–Trinajstić information content (AvgIpc) is 2.61. The van der Waals surface area contributed by atoms with Gasteiger partial charge < -0.3 is 11.1 Å². The molecule has 1 unspecified atom stereocenters. The maximum Gasteiger partial charge on any atom is 0.243 e. The molecule has 1 amide bonds. The second-order valence-electron chi connectivity index (χ2n) is 5.60. The minimum absolute atomic E-state index is 0.107. The Labute approximate surface area is 112 Å². The van der Waals surface area contributed by atoms with Crippen LogP contribution in [-0.2, 0) is 4.79 Å². The zero-order chi connectivity index (χ0) is 14.2. The van der Waals surface area contributed by atoms with Gasteiger partial charge in [-0.3, -0.25) is 9.36 Å². The number of aromatic nitrogens is 3. The summed E-state index contributed by atoms with van der Waals surface area (Å²) in [7, 11) is 0. The molecule has 0 aliphatic rings. The van der Waals surface area contributed by atoms with Crippen molar-refractivity contribution in [2.75, 3.05) is 5.73 Å². The van der Waals surface area contributed by atoms with Gasteiger partial charge in [0.05, 0.1) is 0 Å². The van der Waals surface area contributed by atoms with Crippen molar-refractivity contribution in [3.05, 3.63) is 18.3 Å². The third-order valence-corrected chi connectivity index (χ3v) is 2.74. The number of rotatable bonds is 2. The van der Waals surface area contributed by atoms with Crippen LogP contribution in [0.1, 0.15) is 33.7 Å². The van der Waals surface area contributed by atoms with Gasteiger partial charge in [0.2, 0.25) is 11.9 Å². The highest BCUT2D eigenvalue weighted by atomic mass is 16.2. The monoisotopic (exact) mass is 261 g/mol. The second kappa shape index (κ2) is 4.53. The fourth-order valence-electron chi connectivity index (χ4n) is 1.92. The highest BCUT2D eigenvalue weighted by Gasteiger charge is 2.24. The summed E-state index contributed by atoms with van der Waals surface area (Å²) in [5.41, 5.74) is 6.91. The first-order valence-corrected chi connectivity index (χ1v) is 6.20. The van der Waals surface area contributed by atoms with Gasteiger partial charge in [0.15, 0.2) is 5.65 Å². The van der Waals surface area contributed by atoms with Gasteiger partial charge >= 0.3 is 0 Å². The van der Waals surface area contributed by atoms with Crippen molar-refractivity contribution in [1.82, 2.24) is 19.9 Å². The van der Waals surface area contributed by atoms with E-state index in [2.05, 4.69) is 15.3 Å². The molecule has 3 N–H and O–H groups in total. The van der Waals surface area contributed by atoms with E-state index in [4.69, 9.17) is 5.73 Å². The summed E-state index contributed by atoms with van der Waals surface area (Å²) < 4.78 is 1.65. The zero-order valence-corrected chi connectivity index (χ0v) is 11.6. The molecule has 6 nitrogen and oxygen atoms in total. The number of anilines is 1. The van der Waals surface area contributed by atoms with Crippen LogP contribution in [0.2, 0.25) is 0 Å². The van der Waals surface area contributed by atoms with E-state index in [-0.39, 0.29) is 11.4 Å². The van der Waals surface area contributed by atoms with Crippen molar-refractivity contribution < 1.29 is 4.79 Å². The molecule has 0 spiro atoms. The summed E-state index contributed by atoms with van der Waals surface area (Å²) in [6.45, 7) is 7.59. The Morgan fingerprint density at radius 3 is 2.79 bits per heavy atom. The summed E-state index contributed by atoms with van der Waals surface area (Å²) in [5, 5.41) is 2.93. The number of nitrogen functional groups attached to an aromatic ring is 1. The van der Waals surface area contributed by atoms with Crippen LogP contribution in [0.15, 0.2) is 18.3 Å². The van der Waals surface area contributed by atoms with Gasteiger partial charge in [0, 0.05) is 11.7 Å². The molecule has 2 rings (SSSR count). The first-order valence-electron chi connectivity index (χ1n) is 6.20. The van der Waals surface area contributed by atoms with Gasteiger partial charge in [-0.15, -0.1) is 0 Å². The number of carbonyl (C=O) groups excluding carboxylic acids is 1. The molecule has 0 radical (unpaired) electrons. The Bertz CT molecular complexity index is 611. The Morgan fingerprint density at radius 2 is 2.16 bits per heavy atom. The van der Waals surface area contributed by atoms with Gasteiger partial charge in [-0.2, -0.15) is 0 Å². The van der Waals surface area contributed by atoms with Gasteiger partial charge in [0.25, 0.3) is 0 Å². The van der Waals surface area contributed by atoms with E-state index in [1.807, 2.05) is 26.8 Å². The first-order chi connectivity index (χ1) is 8.79. The number of fused-ring (bicyclic) bond motifs is 1. The fraction of sp³-hybridized carbons (Fsp3) is 0.462. The van der Waals surface area contributed by atoms with Crippen LogP contribution in [0, 0.1) is 0 Å². The lowest BCUT2D eigenvalue weighted by Crippen LogP contribution is -2.43. The molecule has 0 saturated heterocycles. The predicted molar refractivity (Wildman–Crippen MR) is 74.5 cm³/mol. The van der Waals surface area contributed by atoms with Crippen molar-refractivity contribution in [2.24, 2.45) is 0 Å². The maximum absolute atomic E-state index is 12.2. The standard InChI is InChI=1S/C13H19N5O/c1-8(11(19)17-13(2,3)4)18-10-9(16-12(18)14)6-5-7-15-10/h5-8H,1-4H3,(H2,14,16)(H,17,19). The number of hydrogen-bond donors (Lipinski definition) is 2. The summed E-state index contributed by atoms with van der Waals surface area (Å²) >= 11 is 0. The van der Waals surface area contributed by atoms with E-state index in [0.717, 1.165) is 0 Å². The molecule has 0 aliphatic heterocycles. The van der Waals surface area contributed by atoms with Crippen LogP contribution < -0.4 is 11.1 Å². The number of hydrogen-bond acceptors (Lipinski definition) is 4. The number of nitrogens with one attached hydrogen (secondary N) is 1. The van der Waals surface area contributed by atoms with E-state index in [1.54, 1.807) is 23.8 Å². The fourth-order valence-corrected chi connectivity index (χ4v) is 1.92. The summed E-state index contributed by atoms with van der Waals surface area (Å²) in [4.78, 5) is 20.7. The van der Waals surface area contributed by atoms with Crippen molar-refractivity contribution in [3.8, 4) is 0 Å². The van der Waals surface area contributed by atoms with Gasteiger partial charge in [0.1, 0.15) is 11.6 Å². The van der Waals surface area contributed by atoms with Crippen molar-refractivity contribution in [2.45, 2.75) is 39.3 Å².